The molecule has 3 rings (SSSR count). The zero-order valence-corrected chi connectivity index (χ0v) is 11.5. The normalized spacial score (nSPS) is 10.9. The molecule has 3 aromatic rings. The number of H-pyrrole nitrogens is 1. The van der Waals surface area contributed by atoms with Gasteiger partial charge in [-0.15, -0.1) is 0 Å². The van der Waals surface area contributed by atoms with E-state index in [1.165, 1.54) is 18.3 Å². The number of imidazole rings is 1. The predicted octanol–water partition coefficient (Wildman–Crippen LogP) is 3.22. The van der Waals surface area contributed by atoms with E-state index in [0.717, 1.165) is 0 Å². The van der Waals surface area contributed by atoms with E-state index in [2.05, 4.69) is 30.9 Å². The molecule has 0 radical (unpaired) electrons. The lowest BCUT2D eigenvalue weighted by Gasteiger charge is -1.98. The summed E-state index contributed by atoms with van der Waals surface area (Å²) in [5.41, 5.74) is 1.49. The number of aromatic carboxylic acids is 1. The van der Waals surface area contributed by atoms with Gasteiger partial charge >= 0.3 is 5.97 Å². The molecule has 0 atom stereocenters. The van der Waals surface area contributed by atoms with Crippen LogP contribution in [0.25, 0.3) is 22.6 Å². The number of aromatic nitrogens is 3. The van der Waals surface area contributed by atoms with Crippen molar-refractivity contribution in [2.24, 2.45) is 0 Å². The van der Waals surface area contributed by atoms with E-state index in [9.17, 15) is 9.18 Å². The molecule has 0 amide bonds. The van der Waals surface area contributed by atoms with Crippen molar-refractivity contribution >= 4 is 33.1 Å². The number of aromatic amines is 1. The second-order valence-corrected chi connectivity index (χ2v) is 4.97. The minimum atomic E-state index is -1.06. The largest absolute Gasteiger partial charge is 0.478 e. The summed E-state index contributed by atoms with van der Waals surface area (Å²) in [5.74, 6) is -1.03. The number of carbonyl (C=O) groups is 1. The zero-order valence-electron chi connectivity index (χ0n) is 9.89. The maximum absolute atomic E-state index is 13.5. The van der Waals surface area contributed by atoms with Crippen molar-refractivity contribution in [3.63, 3.8) is 0 Å². The SMILES string of the molecule is O=C(O)c1cnc2nc(-c3ccc(Br)c(F)c3)[nH]c2c1. The van der Waals surface area contributed by atoms with Crippen LogP contribution >= 0.6 is 15.9 Å². The molecular formula is C13H7BrFN3O2. The van der Waals surface area contributed by atoms with Crippen molar-refractivity contribution in [3.8, 4) is 11.4 Å². The van der Waals surface area contributed by atoms with E-state index in [4.69, 9.17) is 5.11 Å². The molecule has 2 heterocycles. The van der Waals surface area contributed by atoms with Crippen LogP contribution in [0.3, 0.4) is 0 Å². The Morgan fingerprint density at radius 1 is 1.35 bits per heavy atom. The van der Waals surface area contributed by atoms with Crippen LogP contribution in [-0.4, -0.2) is 26.0 Å². The average Bonchev–Trinajstić information content (AvgIpc) is 2.84. The van der Waals surface area contributed by atoms with Gasteiger partial charge in [-0.1, -0.05) is 0 Å². The van der Waals surface area contributed by atoms with E-state index >= 15 is 0 Å². The highest BCUT2D eigenvalue weighted by molar-refractivity contribution is 9.10. The summed E-state index contributed by atoms with van der Waals surface area (Å²) in [4.78, 5) is 22.0. The molecule has 0 fully saturated rings. The van der Waals surface area contributed by atoms with Crippen molar-refractivity contribution in [1.29, 1.82) is 0 Å². The molecule has 1 aromatic carbocycles. The number of pyridine rings is 1. The van der Waals surface area contributed by atoms with E-state index in [1.54, 1.807) is 12.1 Å². The van der Waals surface area contributed by atoms with E-state index in [1.807, 2.05) is 0 Å². The Hall–Kier alpha value is -2.28. The number of hydrogen-bond donors (Lipinski definition) is 2. The lowest BCUT2D eigenvalue weighted by molar-refractivity contribution is 0.0696. The molecule has 0 spiro atoms. The molecule has 2 aromatic heterocycles. The smallest absolute Gasteiger partial charge is 0.337 e. The van der Waals surface area contributed by atoms with Gasteiger partial charge in [0.2, 0.25) is 0 Å². The van der Waals surface area contributed by atoms with Crippen molar-refractivity contribution in [2.45, 2.75) is 0 Å². The zero-order chi connectivity index (χ0) is 14.3. The first kappa shape index (κ1) is 12.7. The van der Waals surface area contributed by atoms with Gasteiger partial charge < -0.3 is 10.1 Å². The van der Waals surface area contributed by atoms with Crippen LogP contribution in [0, 0.1) is 5.82 Å². The Labute approximate surface area is 120 Å². The highest BCUT2D eigenvalue weighted by Gasteiger charge is 2.11. The Morgan fingerprint density at radius 2 is 2.15 bits per heavy atom. The van der Waals surface area contributed by atoms with Gasteiger partial charge in [0.1, 0.15) is 11.6 Å². The highest BCUT2D eigenvalue weighted by atomic mass is 79.9. The number of carboxylic acid groups (broad SMARTS) is 1. The maximum Gasteiger partial charge on any atom is 0.337 e. The lowest BCUT2D eigenvalue weighted by Crippen LogP contribution is -1.96. The number of nitrogens with zero attached hydrogens (tertiary/aromatic N) is 2. The van der Waals surface area contributed by atoms with Gasteiger partial charge in [0.15, 0.2) is 5.65 Å². The fourth-order valence-electron chi connectivity index (χ4n) is 1.80. The predicted molar refractivity (Wildman–Crippen MR) is 73.9 cm³/mol. The molecule has 0 aliphatic carbocycles. The molecule has 7 heteroatoms. The lowest BCUT2D eigenvalue weighted by atomic mass is 10.2. The van der Waals surface area contributed by atoms with Gasteiger partial charge in [-0.2, -0.15) is 0 Å². The summed E-state index contributed by atoms with van der Waals surface area (Å²) in [5, 5.41) is 8.91. The number of fused-ring (bicyclic) bond motifs is 1. The number of rotatable bonds is 2. The van der Waals surface area contributed by atoms with Gasteiger partial charge in [0.25, 0.3) is 0 Å². The Balaban J connectivity index is 2.12. The maximum atomic E-state index is 13.5. The molecule has 0 saturated heterocycles. The summed E-state index contributed by atoms with van der Waals surface area (Å²) in [6.07, 6.45) is 1.23. The third-order valence-corrected chi connectivity index (χ3v) is 3.42. The monoisotopic (exact) mass is 335 g/mol. The van der Waals surface area contributed by atoms with Crippen LogP contribution in [-0.2, 0) is 0 Å². The fourth-order valence-corrected chi connectivity index (χ4v) is 2.04. The number of nitrogens with one attached hydrogen (secondary N) is 1. The van der Waals surface area contributed by atoms with Crippen molar-refractivity contribution in [3.05, 3.63) is 46.3 Å². The van der Waals surface area contributed by atoms with E-state index in [0.29, 0.717) is 27.0 Å². The second kappa shape index (κ2) is 4.68. The second-order valence-electron chi connectivity index (χ2n) is 4.11. The van der Waals surface area contributed by atoms with Crippen LogP contribution in [0.15, 0.2) is 34.9 Å². The standard InChI is InChI=1S/C13H7BrFN3O2/c14-8-2-1-6(3-9(8)15)11-17-10-4-7(13(19)20)5-16-12(10)18-11/h1-5H,(H,19,20)(H,16,17,18). The first-order valence-corrected chi connectivity index (χ1v) is 6.38. The highest BCUT2D eigenvalue weighted by Crippen LogP contribution is 2.24. The summed E-state index contributed by atoms with van der Waals surface area (Å²) in [6, 6.07) is 6.05. The van der Waals surface area contributed by atoms with Crippen LogP contribution in [0.4, 0.5) is 4.39 Å². The van der Waals surface area contributed by atoms with E-state index in [-0.39, 0.29) is 5.56 Å². The molecule has 0 unspecified atom stereocenters. The quantitative estimate of drug-likeness (QED) is 0.753. The Morgan fingerprint density at radius 3 is 2.85 bits per heavy atom. The summed E-state index contributed by atoms with van der Waals surface area (Å²) >= 11 is 3.08. The van der Waals surface area contributed by atoms with Crippen LogP contribution in [0.2, 0.25) is 0 Å². The van der Waals surface area contributed by atoms with Crippen molar-refractivity contribution < 1.29 is 14.3 Å². The van der Waals surface area contributed by atoms with Crippen LogP contribution in [0.1, 0.15) is 10.4 Å². The van der Waals surface area contributed by atoms with Gasteiger partial charge in [-0.3, -0.25) is 0 Å². The molecule has 5 nitrogen and oxygen atoms in total. The Bertz CT molecular complexity index is 832. The van der Waals surface area contributed by atoms with Crippen molar-refractivity contribution in [2.75, 3.05) is 0 Å². The minimum Gasteiger partial charge on any atom is -0.478 e. The third-order valence-electron chi connectivity index (χ3n) is 2.78. The number of carboxylic acids is 1. The van der Waals surface area contributed by atoms with Gasteiger partial charge in [-0.25, -0.2) is 19.2 Å². The topological polar surface area (TPSA) is 78.9 Å². The molecule has 0 aliphatic rings. The third kappa shape index (κ3) is 2.16. The van der Waals surface area contributed by atoms with Crippen LogP contribution in [0.5, 0.6) is 0 Å². The molecule has 20 heavy (non-hydrogen) atoms. The fraction of sp³-hybridized carbons (Fsp3) is 0. The molecule has 0 aliphatic heterocycles. The summed E-state index contributed by atoms with van der Waals surface area (Å²) in [6.45, 7) is 0. The number of halogens is 2. The van der Waals surface area contributed by atoms with Gasteiger partial charge in [-0.05, 0) is 40.2 Å². The summed E-state index contributed by atoms with van der Waals surface area (Å²) in [7, 11) is 0. The molecule has 0 saturated carbocycles. The molecule has 2 N–H and O–H groups in total. The average molecular weight is 336 g/mol. The Kier molecular flexibility index (Phi) is 2.98. The van der Waals surface area contributed by atoms with Gasteiger partial charge in [0.05, 0.1) is 15.6 Å². The van der Waals surface area contributed by atoms with Crippen LogP contribution < -0.4 is 0 Å². The molecule has 100 valence electrons. The van der Waals surface area contributed by atoms with Crippen molar-refractivity contribution in [1.82, 2.24) is 15.0 Å². The van der Waals surface area contributed by atoms with E-state index < -0.39 is 11.8 Å². The number of benzene rings is 1. The first-order chi connectivity index (χ1) is 9.54. The number of hydrogen-bond acceptors (Lipinski definition) is 3. The first-order valence-electron chi connectivity index (χ1n) is 5.59. The van der Waals surface area contributed by atoms with Gasteiger partial charge in [0, 0.05) is 11.8 Å². The summed E-state index contributed by atoms with van der Waals surface area (Å²) < 4.78 is 13.9. The molecule has 0 bridgehead atoms. The molecular weight excluding hydrogens is 329 g/mol. The minimum absolute atomic E-state index is 0.0645.